The lowest BCUT2D eigenvalue weighted by Gasteiger charge is -2.02. The standard InChI is InChI=1S/C16H10F3NO/c1-8-2-3-10-11(7-20-14(10)4-8)16(21)9-5-12(17)15(19)13(18)6-9/h2-7,20H,1H3. The number of ketones is 1. The molecule has 0 atom stereocenters. The molecule has 0 aliphatic rings. The molecule has 0 aliphatic carbocycles. The van der Waals surface area contributed by atoms with E-state index < -0.39 is 23.2 Å². The molecule has 1 N–H and O–H groups in total. The van der Waals surface area contributed by atoms with Gasteiger partial charge in [0.25, 0.3) is 0 Å². The van der Waals surface area contributed by atoms with Crippen molar-refractivity contribution in [3.63, 3.8) is 0 Å². The summed E-state index contributed by atoms with van der Waals surface area (Å²) in [5.74, 6) is -4.91. The lowest BCUT2D eigenvalue weighted by atomic mass is 10.0. The summed E-state index contributed by atoms with van der Waals surface area (Å²) in [6.07, 6.45) is 1.48. The molecule has 0 fully saturated rings. The Hall–Kier alpha value is -2.56. The number of halogens is 3. The fourth-order valence-electron chi connectivity index (χ4n) is 2.27. The first-order chi connectivity index (χ1) is 9.97. The van der Waals surface area contributed by atoms with Gasteiger partial charge in [-0.15, -0.1) is 0 Å². The van der Waals surface area contributed by atoms with Gasteiger partial charge in [0.1, 0.15) is 0 Å². The second-order valence-electron chi connectivity index (χ2n) is 4.83. The van der Waals surface area contributed by atoms with Crippen LogP contribution in [0.4, 0.5) is 13.2 Å². The Balaban J connectivity index is 2.13. The molecule has 3 aromatic rings. The second-order valence-corrected chi connectivity index (χ2v) is 4.83. The van der Waals surface area contributed by atoms with Crippen molar-refractivity contribution in [2.75, 3.05) is 0 Å². The molecule has 0 amide bonds. The predicted octanol–water partition coefficient (Wildman–Crippen LogP) is 4.12. The van der Waals surface area contributed by atoms with Crippen LogP contribution < -0.4 is 0 Å². The van der Waals surface area contributed by atoms with E-state index in [9.17, 15) is 18.0 Å². The highest BCUT2D eigenvalue weighted by Gasteiger charge is 2.18. The van der Waals surface area contributed by atoms with Crippen LogP contribution in [0.5, 0.6) is 0 Å². The number of carbonyl (C=O) groups is 1. The highest BCUT2D eigenvalue weighted by Crippen LogP contribution is 2.23. The van der Waals surface area contributed by atoms with Crippen LogP contribution in [0.3, 0.4) is 0 Å². The molecule has 5 heteroatoms. The number of aryl methyl sites for hydroxylation is 1. The Morgan fingerprint density at radius 1 is 1.05 bits per heavy atom. The van der Waals surface area contributed by atoms with Gasteiger partial charge in [-0.05, 0) is 30.7 Å². The Morgan fingerprint density at radius 3 is 2.38 bits per heavy atom. The monoisotopic (exact) mass is 289 g/mol. The van der Waals surface area contributed by atoms with Crippen molar-refractivity contribution in [2.45, 2.75) is 6.92 Å². The van der Waals surface area contributed by atoms with Crippen LogP contribution in [0.25, 0.3) is 10.9 Å². The lowest BCUT2D eigenvalue weighted by Crippen LogP contribution is -2.04. The van der Waals surface area contributed by atoms with E-state index in [2.05, 4.69) is 4.98 Å². The molecular weight excluding hydrogens is 279 g/mol. The fourth-order valence-corrected chi connectivity index (χ4v) is 2.27. The zero-order chi connectivity index (χ0) is 15.1. The van der Waals surface area contributed by atoms with Crippen molar-refractivity contribution < 1.29 is 18.0 Å². The molecule has 3 rings (SSSR count). The van der Waals surface area contributed by atoms with Gasteiger partial charge in [-0.25, -0.2) is 13.2 Å². The lowest BCUT2D eigenvalue weighted by molar-refractivity contribution is 0.103. The highest BCUT2D eigenvalue weighted by atomic mass is 19.2. The van der Waals surface area contributed by atoms with E-state index in [1.807, 2.05) is 19.1 Å². The molecule has 0 saturated carbocycles. The zero-order valence-electron chi connectivity index (χ0n) is 11.0. The minimum absolute atomic E-state index is 0.229. The van der Waals surface area contributed by atoms with Crippen molar-refractivity contribution in [1.29, 1.82) is 0 Å². The number of benzene rings is 2. The maximum absolute atomic E-state index is 13.2. The molecule has 0 spiro atoms. The van der Waals surface area contributed by atoms with Crippen LogP contribution in [-0.2, 0) is 0 Å². The Labute approximate surface area is 118 Å². The van der Waals surface area contributed by atoms with E-state index in [1.165, 1.54) is 6.20 Å². The van der Waals surface area contributed by atoms with E-state index in [0.29, 0.717) is 17.5 Å². The van der Waals surface area contributed by atoms with E-state index in [4.69, 9.17) is 0 Å². The molecule has 21 heavy (non-hydrogen) atoms. The van der Waals surface area contributed by atoms with E-state index in [0.717, 1.165) is 11.1 Å². The first-order valence-electron chi connectivity index (χ1n) is 6.24. The van der Waals surface area contributed by atoms with Crippen molar-refractivity contribution in [3.8, 4) is 0 Å². The molecule has 2 aromatic carbocycles. The average molecular weight is 289 g/mol. The van der Waals surface area contributed by atoms with Crippen molar-refractivity contribution >= 4 is 16.7 Å². The minimum Gasteiger partial charge on any atom is -0.360 e. The number of aromatic amines is 1. The maximum Gasteiger partial charge on any atom is 0.195 e. The number of nitrogens with one attached hydrogen (secondary N) is 1. The van der Waals surface area contributed by atoms with Gasteiger partial charge >= 0.3 is 0 Å². The highest BCUT2D eigenvalue weighted by molar-refractivity contribution is 6.16. The summed E-state index contributed by atoms with van der Waals surface area (Å²) in [7, 11) is 0. The Bertz CT molecular complexity index is 844. The van der Waals surface area contributed by atoms with Gasteiger partial charge in [0.15, 0.2) is 23.2 Å². The number of carbonyl (C=O) groups excluding carboxylic acids is 1. The third-order valence-electron chi connectivity index (χ3n) is 3.33. The van der Waals surface area contributed by atoms with Crippen LogP contribution in [0.1, 0.15) is 21.5 Å². The molecule has 1 aromatic heterocycles. The zero-order valence-corrected chi connectivity index (χ0v) is 11.0. The predicted molar refractivity (Wildman–Crippen MR) is 72.8 cm³/mol. The van der Waals surface area contributed by atoms with Gasteiger partial charge in [-0.1, -0.05) is 12.1 Å². The van der Waals surface area contributed by atoms with Crippen LogP contribution in [-0.4, -0.2) is 10.8 Å². The molecule has 2 nitrogen and oxygen atoms in total. The smallest absolute Gasteiger partial charge is 0.195 e. The molecule has 0 bridgehead atoms. The van der Waals surface area contributed by atoms with E-state index in [-0.39, 0.29) is 11.1 Å². The molecule has 0 radical (unpaired) electrons. The van der Waals surface area contributed by atoms with Crippen molar-refractivity contribution in [3.05, 3.63) is 70.7 Å². The molecule has 0 saturated heterocycles. The summed E-state index contributed by atoms with van der Waals surface area (Å²) in [6, 6.07) is 6.85. The van der Waals surface area contributed by atoms with Gasteiger partial charge in [0.2, 0.25) is 0 Å². The average Bonchev–Trinajstić information content (AvgIpc) is 2.86. The number of fused-ring (bicyclic) bond motifs is 1. The normalized spacial score (nSPS) is 11.0. The summed E-state index contributed by atoms with van der Waals surface area (Å²) in [4.78, 5) is 15.3. The number of rotatable bonds is 2. The van der Waals surface area contributed by atoms with Crippen LogP contribution in [0.2, 0.25) is 0 Å². The summed E-state index contributed by atoms with van der Waals surface area (Å²) in [6.45, 7) is 1.91. The number of aromatic nitrogens is 1. The van der Waals surface area contributed by atoms with Gasteiger partial charge in [0, 0.05) is 28.2 Å². The van der Waals surface area contributed by atoms with Crippen LogP contribution in [0, 0.1) is 24.4 Å². The topological polar surface area (TPSA) is 32.9 Å². The van der Waals surface area contributed by atoms with Crippen molar-refractivity contribution in [2.24, 2.45) is 0 Å². The molecular formula is C16H10F3NO. The van der Waals surface area contributed by atoms with E-state index in [1.54, 1.807) is 6.07 Å². The largest absolute Gasteiger partial charge is 0.360 e. The molecule has 106 valence electrons. The van der Waals surface area contributed by atoms with Gasteiger partial charge in [-0.3, -0.25) is 4.79 Å². The third-order valence-corrected chi connectivity index (χ3v) is 3.33. The Kier molecular flexibility index (Phi) is 3.05. The first-order valence-corrected chi connectivity index (χ1v) is 6.24. The summed E-state index contributed by atoms with van der Waals surface area (Å²) >= 11 is 0. The van der Waals surface area contributed by atoms with Gasteiger partial charge in [0.05, 0.1) is 0 Å². The maximum atomic E-state index is 13.2. The first kappa shape index (κ1) is 13.4. The van der Waals surface area contributed by atoms with Gasteiger partial charge in [-0.2, -0.15) is 0 Å². The third kappa shape index (κ3) is 2.20. The fraction of sp³-hybridized carbons (Fsp3) is 0.0625. The number of H-pyrrole nitrogens is 1. The van der Waals surface area contributed by atoms with Gasteiger partial charge < -0.3 is 4.98 Å². The number of hydrogen-bond donors (Lipinski definition) is 1. The molecule has 0 unspecified atom stereocenters. The minimum atomic E-state index is -1.58. The summed E-state index contributed by atoms with van der Waals surface area (Å²) < 4.78 is 39.4. The Morgan fingerprint density at radius 2 is 1.71 bits per heavy atom. The SMILES string of the molecule is Cc1ccc2c(C(=O)c3cc(F)c(F)c(F)c3)c[nH]c2c1. The second kappa shape index (κ2) is 4.77. The van der Waals surface area contributed by atoms with E-state index >= 15 is 0 Å². The molecule has 0 aliphatic heterocycles. The van der Waals surface area contributed by atoms with Crippen LogP contribution in [0.15, 0.2) is 36.5 Å². The van der Waals surface area contributed by atoms with Crippen molar-refractivity contribution in [1.82, 2.24) is 4.98 Å². The quantitative estimate of drug-likeness (QED) is 0.558. The summed E-state index contributed by atoms with van der Waals surface area (Å²) in [5, 5.41) is 0.649. The van der Waals surface area contributed by atoms with Crippen LogP contribution >= 0.6 is 0 Å². The summed E-state index contributed by atoms with van der Waals surface area (Å²) in [5.41, 5.74) is 1.83. The number of hydrogen-bond acceptors (Lipinski definition) is 1. The molecule has 1 heterocycles.